The maximum atomic E-state index is 12.8. The number of nitrogens with zero attached hydrogens (tertiary/aromatic N) is 1. The molecule has 1 unspecified atom stereocenters. The topological polar surface area (TPSA) is 32.3 Å². The molecule has 0 aliphatic carbocycles. The zero-order valence-corrected chi connectivity index (χ0v) is 17.8. The quantitative estimate of drug-likeness (QED) is 0.505. The predicted octanol–water partition coefficient (Wildman–Crippen LogP) is 5.95. The zero-order valence-electron chi connectivity index (χ0n) is 16.2. The molecule has 27 heavy (non-hydrogen) atoms. The molecule has 0 radical (unpaired) electrons. The fourth-order valence-corrected chi connectivity index (χ4v) is 4.97. The van der Waals surface area contributed by atoms with Gasteiger partial charge in [0, 0.05) is 16.1 Å². The smallest absolute Gasteiger partial charge is 0.263 e. The monoisotopic (exact) mass is 402 g/mol. The Hall–Kier alpha value is -1.62. The highest BCUT2D eigenvalue weighted by Crippen LogP contribution is 2.39. The summed E-state index contributed by atoms with van der Waals surface area (Å²) in [4.78, 5) is 15.8. The Morgan fingerprint density at radius 1 is 1.19 bits per heavy atom. The Labute approximate surface area is 170 Å². The number of hydrogen-bond acceptors (Lipinski definition) is 3. The molecule has 0 spiro atoms. The maximum absolute atomic E-state index is 12.8. The summed E-state index contributed by atoms with van der Waals surface area (Å²) in [5.74, 6) is -0.0689. The lowest BCUT2D eigenvalue weighted by Crippen LogP contribution is -2.33. The molecule has 0 aliphatic heterocycles. The Bertz CT molecular complexity index is 933. The van der Waals surface area contributed by atoms with Crippen LogP contribution in [0.3, 0.4) is 0 Å². The fourth-order valence-electron chi connectivity index (χ4n) is 3.50. The van der Waals surface area contributed by atoms with Crippen LogP contribution >= 0.6 is 22.9 Å². The summed E-state index contributed by atoms with van der Waals surface area (Å²) in [6.07, 6.45) is 2.04. The first-order valence-electron chi connectivity index (χ1n) is 9.68. The van der Waals surface area contributed by atoms with E-state index in [-0.39, 0.29) is 11.9 Å². The van der Waals surface area contributed by atoms with Gasteiger partial charge in [-0.05, 0) is 56.2 Å². The van der Waals surface area contributed by atoms with Gasteiger partial charge >= 0.3 is 0 Å². The van der Waals surface area contributed by atoms with E-state index < -0.39 is 0 Å². The SMILES string of the molecule is CCN(CC)CCCC(C)NC(=O)c1sc2ccc3ccccc3c2c1Cl. The van der Waals surface area contributed by atoms with E-state index in [0.717, 1.165) is 53.3 Å². The summed E-state index contributed by atoms with van der Waals surface area (Å²) in [6, 6.07) is 12.4. The van der Waals surface area contributed by atoms with E-state index in [9.17, 15) is 4.79 Å². The summed E-state index contributed by atoms with van der Waals surface area (Å²) in [5, 5.41) is 6.92. The van der Waals surface area contributed by atoms with Crippen LogP contribution in [0, 0.1) is 0 Å². The van der Waals surface area contributed by atoms with Crippen molar-refractivity contribution in [2.45, 2.75) is 39.7 Å². The second kappa shape index (κ2) is 9.05. The molecule has 3 rings (SSSR count). The lowest BCUT2D eigenvalue weighted by atomic mass is 10.1. The van der Waals surface area contributed by atoms with Gasteiger partial charge in [-0.15, -0.1) is 11.3 Å². The summed E-state index contributed by atoms with van der Waals surface area (Å²) in [6.45, 7) is 9.65. The number of fused-ring (bicyclic) bond motifs is 3. The van der Waals surface area contributed by atoms with Gasteiger partial charge in [0.1, 0.15) is 4.88 Å². The molecule has 3 aromatic rings. The third kappa shape index (κ3) is 4.45. The van der Waals surface area contributed by atoms with Gasteiger partial charge < -0.3 is 10.2 Å². The molecule has 3 nitrogen and oxygen atoms in total. The van der Waals surface area contributed by atoms with Crippen LogP contribution in [-0.2, 0) is 0 Å². The average Bonchev–Trinajstić information content (AvgIpc) is 3.02. The van der Waals surface area contributed by atoms with E-state index in [4.69, 9.17) is 11.6 Å². The number of nitrogens with one attached hydrogen (secondary N) is 1. The molecule has 1 N–H and O–H groups in total. The molecular weight excluding hydrogens is 376 g/mol. The van der Waals surface area contributed by atoms with E-state index in [1.54, 1.807) is 0 Å². The van der Waals surface area contributed by atoms with Gasteiger partial charge in [0.05, 0.1) is 5.02 Å². The van der Waals surface area contributed by atoms with Gasteiger partial charge in [-0.2, -0.15) is 0 Å². The van der Waals surface area contributed by atoms with E-state index >= 15 is 0 Å². The van der Waals surface area contributed by atoms with Crippen LogP contribution in [0.5, 0.6) is 0 Å². The van der Waals surface area contributed by atoms with Crippen molar-refractivity contribution < 1.29 is 4.79 Å². The first-order valence-corrected chi connectivity index (χ1v) is 10.9. The molecule has 0 bridgehead atoms. The fraction of sp³-hybridized carbons (Fsp3) is 0.409. The largest absolute Gasteiger partial charge is 0.349 e. The maximum Gasteiger partial charge on any atom is 0.263 e. The Morgan fingerprint density at radius 2 is 1.93 bits per heavy atom. The van der Waals surface area contributed by atoms with Crippen molar-refractivity contribution in [3.63, 3.8) is 0 Å². The Morgan fingerprint density at radius 3 is 2.67 bits per heavy atom. The van der Waals surface area contributed by atoms with Gasteiger partial charge in [-0.25, -0.2) is 0 Å². The number of rotatable bonds is 8. The molecule has 144 valence electrons. The van der Waals surface area contributed by atoms with Crippen molar-refractivity contribution in [3.8, 4) is 0 Å². The number of amides is 1. The lowest BCUT2D eigenvalue weighted by Gasteiger charge is -2.19. The van der Waals surface area contributed by atoms with Crippen molar-refractivity contribution in [3.05, 3.63) is 46.3 Å². The highest BCUT2D eigenvalue weighted by Gasteiger charge is 2.20. The lowest BCUT2D eigenvalue weighted by molar-refractivity contribution is 0.0941. The number of carbonyl (C=O) groups excluding carboxylic acids is 1. The molecule has 1 heterocycles. The van der Waals surface area contributed by atoms with Crippen LogP contribution < -0.4 is 5.32 Å². The van der Waals surface area contributed by atoms with Crippen molar-refractivity contribution in [2.75, 3.05) is 19.6 Å². The molecular formula is C22H27ClN2OS. The number of thiophene rings is 1. The molecule has 5 heteroatoms. The van der Waals surface area contributed by atoms with E-state index in [2.05, 4.69) is 55.3 Å². The van der Waals surface area contributed by atoms with Crippen LogP contribution in [0.15, 0.2) is 36.4 Å². The molecule has 0 saturated heterocycles. The second-order valence-corrected chi connectivity index (χ2v) is 8.38. The average molecular weight is 403 g/mol. The van der Waals surface area contributed by atoms with Crippen LogP contribution in [0.4, 0.5) is 0 Å². The van der Waals surface area contributed by atoms with Crippen LogP contribution in [0.2, 0.25) is 5.02 Å². The van der Waals surface area contributed by atoms with Crippen molar-refractivity contribution in [1.82, 2.24) is 10.2 Å². The third-order valence-corrected chi connectivity index (χ3v) is 6.76. The Kier molecular flexibility index (Phi) is 6.74. The number of halogens is 1. The molecule has 0 saturated carbocycles. The summed E-state index contributed by atoms with van der Waals surface area (Å²) in [5.41, 5.74) is 0. The molecule has 0 fully saturated rings. The van der Waals surface area contributed by atoms with E-state index in [1.807, 2.05) is 12.1 Å². The summed E-state index contributed by atoms with van der Waals surface area (Å²) >= 11 is 8.11. The molecule has 0 aliphatic rings. The minimum atomic E-state index is -0.0689. The van der Waals surface area contributed by atoms with Crippen LogP contribution in [0.1, 0.15) is 43.3 Å². The standard InChI is InChI=1S/C22H27ClN2OS/c1-4-25(5-2)14-8-9-15(3)24-22(26)21-20(23)19-17-11-7-6-10-16(17)12-13-18(19)27-21/h6-7,10-13,15H,4-5,8-9,14H2,1-3H3,(H,24,26). The van der Waals surface area contributed by atoms with E-state index in [0.29, 0.717) is 9.90 Å². The zero-order chi connectivity index (χ0) is 19.4. The van der Waals surface area contributed by atoms with Gasteiger partial charge in [0.2, 0.25) is 0 Å². The van der Waals surface area contributed by atoms with E-state index in [1.165, 1.54) is 11.3 Å². The van der Waals surface area contributed by atoms with Gasteiger partial charge in [0.15, 0.2) is 0 Å². The first-order chi connectivity index (χ1) is 13.0. The highest BCUT2D eigenvalue weighted by atomic mass is 35.5. The predicted molar refractivity (Wildman–Crippen MR) is 118 cm³/mol. The molecule has 2 aromatic carbocycles. The third-order valence-electron chi connectivity index (χ3n) is 5.11. The first kappa shape index (κ1) is 20.1. The van der Waals surface area contributed by atoms with Crippen LogP contribution in [0.25, 0.3) is 20.9 Å². The molecule has 1 atom stereocenters. The highest BCUT2D eigenvalue weighted by molar-refractivity contribution is 7.21. The molecule has 1 aromatic heterocycles. The number of hydrogen-bond donors (Lipinski definition) is 1. The molecule has 1 amide bonds. The summed E-state index contributed by atoms with van der Waals surface area (Å²) in [7, 11) is 0. The van der Waals surface area contributed by atoms with Gasteiger partial charge in [0.25, 0.3) is 5.91 Å². The minimum absolute atomic E-state index is 0.0689. The Balaban J connectivity index is 1.72. The second-order valence-electron chi connectivity index (χ2n) is 6.95. The summed E-state index contributed by atoms with van der Waals surface area (Å²) < 4.78 is 1.05. The van der Waals surface area contributed by atoms with Crippen molar-refractivity contribution >= 4 is 49.7 Å². The normalized spacial score (nSPS) is 12.8. The number of carbonyl (C=O) groups is 1. The van der Waals surface area contributed by atoms with Gasteiger partial charge in [-0.1, -0.05) is 55.8 Å². The van der Waals surface area contributed by atoms with Gasteiger partial charge in [-0.3, -0.25) is 4.79 Å². The van der Waals surface area contributed by atoms with Crippen LogP contribution in [-0.4, -0.2) is 36.5 Å². The minimum Gasteiger partial charge on any atom is -0.349 e. The number of benzene rings is 2. The van der Waals surface area contributed by atoms with Crippen molar-refractivity contribution in [1.29, 1.82) is 0 Å². The van der Waals surface area contributed by atoms with Crippen molar-refractivity contribution in [2.24, 2.45) is 0 Å².